The Bertz CT molecular complexity index is 3550. The first-order valence-electron chi connectivity index (χ1n) is 19.0. The fourth-order valence-electron chi connectivity index (χ4n) is 9.03. The molecule has 0 bridgehead atoms. The lowest BCUT2D eigenvalue weighted by atomic mass is 9.88. The van der Waals surface area contributed by atoms with Gasteiger partial charge in [0, 0.05) is 10.8 Å². The standard InChI is InChI=1S/C54H32O/c1-2-9-36-27-38(17-13-33(36)7-1)41-23-25-51-49(30-41)50-31-42(24-26-52(50)55-51)39-18-19-40-29-43(21-20-37(40)28-39)48-32-44-22-16-35-15-14-34-8-3-4-10-45(34)53(35)54(44)47-12-6-5-11-46(47)48/h1-32H. The minimum absolute atomic E-state index is 0.906. The van der Waals surface area contributed by atoms with Crippen molar-refractivity contribution in [3.8, 4) is 33.4 Å². The first-order valence-corrected chi connectivity index (χ1v) is 19.0. The van der Waals surface area contributed by atoms with Crippen molar-refractivity contribution < 1.29 is 4.42 Å². The Balaban J connectivity index is 0.951. The molecule has 0 atom stereocenters. The van der Waals surface area contributed by atoms with Gasteiger partial charge < -0.3 is 4.42 Å². The number of hydrogen-bond donors (Lipinski definition) is 0. The van der Waals surface area contributed by atoms with E-state index in [9.17, 15) is 0 Å². The van der Waals surface area contributed by atoms with E-state index in [1.165, 1.54) is 98.0 Å². The lowest BCUT2D eigenvalue weighted by Gasteiger charge is -2.15. The summed E-state index contributed by atoms with van der Waals surface area (Å²) in [5.41, 5.74) is 9.07. The molecule has 0 aliphatic heterocycles. The average Bonchev–Trinajstić information content (AvgIpc) is 3.62. The maximum absolute atomic E-state index is 6.33. The second-order valence-electron chi connectivity index (χ2n) is 14.9. The topological polar surface area (TPSA) is 13.1 Å². The lowest BCUT2D eigenvalue weighted by Crippen LogP contribution is -1.88. The molecule has 12 aromatic rings. The first kappa shape index (κ1) is 30.3. The van der Waals surface area contributed by atoms with Gasteiger partial charge in [0.1, 0.15) is 11.2 Å². The van der Waals surface area contributed by atoms with Crippen LogP contribution in [0.15, 0.2) is 199 Å². The van der Waals surface area contributed by atoms with Crippen LogP contribution >= 0.6 is 0 Å². The van der Waals surface area contributed by atoms with Crippen molar-refractivity contribution in [1.82, 2.24) is 0 Å². The van der Waals surface area contributed by atoms with E-state index >= 15 is 0 Å². The van der Waals surface area contributed by atoms with E-state index in [0.29, 0.717) is 0 Å². The molecule has 1 heterocycles. The van der Waals surface area contributed by atoms with Crippen LogP contribution in [0.25, 0.3) is 120 Å². The fourth-order valence-corrected chi connectivity index (χ4v) is 9.03. The quantitative estimate of drug-likeness (QED) is 0.168. The van der Waals surface area contributed by atoms with E-state index in [-0.39, 0.29) is 0 Å². The zero-order valence-electron chi connectivity index (χ0n) is 29.9. The maximum atomic E-state index is 6.33. The Kier molecular flexibility index (Phi) is 6.40. The monoisotopic (exact) mass is 696 g/mol. The molecule has 0 N–H and O–H groups in total. The lowest BCUT2D eigenvalue weighted by molar-refractivity contribution is 0.669. The van der Waals surface area contributed by atoms with Crippen LogP contribution in [0.5, 0.6) is 0 Å². The molecule has 0 amide bonds. The molecule has 254 valence electrons. The van der Waals surface area contributed by atoms with Crippen molar-refractivity contribution in [3.05, 3.63) is 194 Å². The molecule has 1 heteroatoms. The van der Waals surface area contributed by atoms with Gasteiger partial charge in [-0.2, -0.15) is 0 Å². The number of benzene rings is 11. The summed E-state index contributed by atoms with van der Waals surface area (Å²) >= 11 is 0. The highest BCUT2D eigenvalue weighted by Crippen LogP contribution is 2.42. The molecule has 1 nitrogen and oxygen atoms in total. The van der Waals surface area contributed by atoms with Crippen LogP contribution in [0.4, 0.5) is 0 Å². The maximum Gasteiger partial charge on any atom is 0.135 e. The highest BCUT2D eigenvalue weighted by Gasteiger charge is 2.15. The first-order chi connectivity index (χ1) is 27.2. The van der Waals surface area contributed by atoms with Crippen molar-refractivity contribution in [2.24, 2.45) is 0 Å². The second-order valence-corrected chi connectivity index (χ2v) is 14.9. The summed E-state index contributed by atoms with van der Waals surface area (Å²) in [6.07, 6.45) is 0. The SMILES string of the molecule is c1ccc2cc(-c3ccc4oc5ccc(-c6ccc7cc(-c8cc9ccc%10ccc%11ccccc%11c%10c9c9ccccc89)ccc7c6)cc5c4c3)ccc2c1. The van der Waals surface area contributed by atoms with Crippen molar-refractivity contribution in [3.63, 3.8) is 0 Å². The van der Waals surface area contributed by atoms with Crippen LogP contribution in [0.1, 0.15) is 0 Å². The van der Waals surface area contributed by atoms with Crippen LogP contribution < -0.4 is 0 Å². The van der Waals surface area contributed by atoms with E-state index in [4.69, 9.17) is 4.42 Å². The van der Waals surface area contributed by atoms with Gasteiger partial charge in [-0.3, -0.25) is 0 Å². The predicted octanol–water partition coefficient (Wildman–Crippen LogP) is 15.5. The number of hydrogen-bond acceptors (Lipinski definition) is 1. The van der Waals surface area contributed by atoms with Gasteiger partial charge in [0.05, 0.1) is 0 Å². The molecule has 0 aliphatic carbocycles. The van der Waals surface area contributed by atoms with Gasteiger partial charge in [0.2, 0.25) is 0 Å². The largest absolute Gasteiger partial charge is 0.456 e. The fraction of sp³-hybridized carbons (Fsp3) is 0. The Labute approximate surface area is 317 Å². The predicted molar refractivity (Wildman–Crippen MR) is 235 cm³/mol. The van der Waals surface area contributed by atoms with Crippen LogP contribution in [-0.4, -0.2) is 0 Å². The van der Waals surface area contributed by atoms with Crippen molar-refractivity contribution in [2.45, 2.75) is 0 Å². The smallest absolute Gasteiger partial charge is 0.135 e. The van der Waals surface area contributed by atoms with E-state index in [0.717, 1.165) is 21.9 Å². The summed E-state index contributed by atoms with van der Waals surface area (Å²) in [6, 6.07) is 71.2. The zero-order chi connectivity index (χ0) is 36.0. The molecular formula is C54H32O. The van der Waals surface area contributed by atoms with Crippen molar-refractivity contribution in [1.29, 1.82) is 0 Å². The van der Waals surface area contributed by atoms with E-state index in [1.807, 2.05) is 0 Å². The third-order valence-electron chi connectivity index (χ3n) is 11.8. The van der Waals surface area contributed by atoms with Gasteiger partial charge in [-0.25, -0.2) is 0 Å². The van der Waals surface area contributed by atoms with Gasteiger partial charge in [0.25, 0.3) is 0 Å². The van der Waals surface area contributed by atoms with Crippen molar-refractivity contribution in [2.75, 3.05) is 0 Å². The van der Waals surface area contributed by atoms with E-state index < -0.39 is 0 Å². The van der Waals surface area contributed by atoms with Gasteiger partial charge in [-0.1, -0.05) is 146 Å². The van der Waals surface area contributed by atoms with Crippen LogP contribution in [-0.2, 0) is 0 Å². The molecule has 0 aliphatic rings. The van der Waals surface area contributed by atoms with Gasteiger partial charge in [-0.05, 0) is 147 Å². The number of furan rings is 1. The summed E-state index contributed by atoms with van der Waals surface area (Å²) in [5.74, 6) is 0. The molecule has 0 radical (unpaired) electrons. The highest BCUT2D eigenvalue weighted by molar-refractivity contribution is 6.29. The molecule has 1 aromatic heterocycles. The number of rotatable bonds is 3. The molecule has 55 heavy (non-hydrogen) atoms. The van der Waals surface area contributed by atoms with Gasteiger partial charge >= 0.3 is 0 Å². The third kappa shape index (κ3) is 4.73. The molecule has 11 aromatic carbocycles. The Hall–Kier alpha value is -7.22. The highest BCUT2D eigenvalue weighted by atomic mass is 16.3. The zero-order valence-corrected chi connectivity index (χ0v) is 29.9. The summed E-state index contributed by atoms with van der Waals surface area (Å²) in [6.45, 7) is 0. The van der Waals surface area contributed by atoms with Gasteiger partial charge in [-0.15, -0.1) is 0 Å². The van der Waals surface area contributed by atoms with Crippen LogP contribution in [0.3, 0.4) is 0 Å². The van der Waals surface area contributed by atoms with Crippen LogP contribution in [0.2, 0.25) is 0 Å². The molecule has 12 rings (SSSR count). The Morgan fingerprint density at radius 3 is 1.38 bits per heavy atom. The number of fused-ring (bicyclic) bond motifs is 12. The molecule has 0 fully saturated rings. The Morgan fingerprint density at radius 1 is 0.236 bits per heavy atom. The Morgan fingerprint density at radius 2 is 0.673 bits per heavy atom. The van der Waals surface area contributed by atoms with Crippen LogP contribution in [0, 0.1) is 0 Å². The molecule has 0 saturated heterocycles. The van der Waals surface area contributed by atoms with Gasteiger partial charge in [0.15, 0.2) is 0 Å². The summed E-state index contributed by atoms with van der Waals surface area (Å²) in [4.78, 5) is 0. The molecule has 0 unspecified atom stereocenters. The van der Waals surface area contributed by atoms with Crippen molar-refractivity contribution >= 4 is 86.6 Å². The third-order valence-corrected chi connectivity index (χ3v) is 11.8. The average molecular weight is 697 g/mol. The summed E-state index contributed by atoms with van der Waals surface area (Å²) in [5, 5.41) is 17.5. The van der Waals surface area contributed by atoms with E-state index in [2.05, 4.69) is 194 Å². The molecule has 0 spiro atoms. The summed E-state index contributed by atoms with van der Waals surface area (Å²) < 4.78 is 6.33. The second kappa shape index (κ2) is 11.6. The minimum atomic E-state index is 0.906. The molecule has 0 saturated carbocycles. The summed E-state index contributed by atoms with van der Waals surface area (Å²) in [7, 11) is 0. The van der Waals surface area contributed by atoms with E-state index in [1.54, 1.807) is 0 Å². The molecular weight excluding hydrogens is 665 g/mol. The normalized spacial score (nSPS) is 12.0. The minimum Gasteiger partial charge on any atom is -0.456 e.